The van der Waals surface area contributed by atoms with Crippen LogP contribution in [0.5, 0.6) is 0 Å². The van der Waals surface area contributed by atoms with Crippen molar-refractivity contribution in [2.24, 2.45) is 5.73 Å². The van der Waals surface area contributed by atoms with Gasteiger partial charge in [-0.25, -0.2) is 4.79 Å². The van der Waals surface area contributed by atoms with E-state index in [0.29, 0.717) is 5.69 Å². The number of carboxylic acids is 1. The second-order valence-corrected chi connectivity index (χ2v) is 3.98. The van der Waals surface area contributed by atoms with Crippen molar-refractivity contribution < 1.29 is 19.5 Å². The van der Waals surface area contributed by atoms with E-state index in [1.807, 2.05) is 0 Å². The van der Waals surface area contributed by atoms with Gasteiger partial charge in [-0.3, -0.25) is 9.59 Å². The number of nitrogens with one attached hydrogen (secondary N) is 1. The van der Waals surface area contributed by atoms with Gasteiger partial charge in [0.25, 0.3) is 5.91 Å². The molecule has 0 bridgehead atoms. The van der Waals surface area contributed by atoms with Crippen LogP contribution in [0.15, 0.2) is 0 Å². The predicted molar refractivity (Wildman–Crippen MR) is 57.3 cm³/mol. The first-order valence-corrected chi connectivity index (χ1v) is 5.30. The Bertz CT molecular complexity index is 458. The van der Waals surface area contributed by atoms with E-state index in [0.717, 1.165) is 11.5 Å². The Hall–Kier alpha value is -2.03. The van der Waals surface area contributed by atoms with Crippen LogP contribution in [0.2, 0.25) is 0 Å². The summed E-state index contributed by atoms with van der Waals surface area (Å²) in [7, 11) is 0. The topological polar surface area (TPSA) is 135 Å². The van der Waals surface area contributed by atoms with Crippen molar-refractivity contribution in [2.45, 2.75) is 19.4 Å². The lowest BCUT2D eigenvalue weighted by molar-refractivity contribution is -0.140. The predicted octanol–water partition coefficient (Wildman–Crippen LogP) is -1.10. The molecule has 0 aliphatic rings. The van der Waals surface area contributed by atoms with Gasteiger partial charge >= 0.3 is 5.97 Å². The van der Waals surface area contributed by atoms with Gasteiger partial charge in [-0.15, -0.1) is 5.10 Å². The third-order valence-corrected chi connectivity index (χ3v) is 2.69. The highest BCUT2D eigenvalue weighted by Crippen LogP contribution is 2.09. The van der Waals surface area contributed by atoms with E-state index in [1.165, 1.54) is 0 Å². The summed E-state index contributed by atoms with van der Waals surface area (Å²) >= 11 is 0.848. The Morgan fingerprint density at radius 1 is 1.53 bits per heavy atom. The third-order valence-electron chi connectivity index (χ3n) is 1.87. The van der Waals surface area contributed by atoms with Crippen molar-refractivity contribution in [1.29, 1.82) is 0 Å². The first-order valence-electron chi connectivity index (χ1n) is 4.52. The molecule has 0 radical (unpaired) electrons. The minimum Gasteiger partial charge on any atom is -0.480 e. The number of aromatic nitrogens is 2. The number of carboxylic acid groups (broad SMARTS) is 1. The molecular weight excluding hydrogens is 248 g/mol. The Morgan fingerprint density at radius 3 is 2.59 bits per heavy atom. The molecule has 0 saturated heterocycles. The van der Waals surface area contributed by atoms with Crippen molar-refractivity contribution >= 4 is 29.3 Å². The molecule has 1 atom stereocenters. The minimum absolute atomic E-state index is 0.209. The van der Waals surface area contributed by atoms with Crippen LogP contribution in [0.1, 0.15) is 21.8 Å². The van der Waals surface area contributed by atoms with Gasteiger partial charge < -0.3 is 16.2 Å². The lowest BCUT2D eigenvalue weighted by Gasteiger charge is -2.11. The molecule has 1 aromatic heterocycles. The van der Waals surface area contributed by atoms with Crippen LogP contribution in [-0.4, -0.2) is 38.5 Å². The normalized spacial score (nSPS) is 11.8. The molecule has 0 spiro atoms. The molecule has 0 aromatic carbocycles. The van der Waals surface area contributed by atoms with Crippen LogP contribution in [0.25, 0.3) is 0 Å². The van der Waals surface area contributed by atoms with Gasteiger partial charge in [0.2, 0.25) is 5.91 Å². The summed E-state index contributed by atoms with van der Waals surface area (Å²) in [5.74, 6) is -2.77. The van der Waals surface area contributed by atoms with Crippen LogP contribution < -0.4 is 11.1 Å². The molecule has 1 aromatic rings. The maximum Gasteiger partial charge on any atom is 0.326 e. The highest BCUT2D eigenvalue weighted by Gasteiger charge is 2.24. The Balaban J connectivity index is 2.74. The first-order chi connectivity index (χ1) is 7.91. The SMILES string of the molecule is Cc1nnsc1C(=O)NC(CC(N)=O)C(=O)O. The smallest absolute Gasteiger partial charge is 0.326 e. The highest BCUT2D eigenvalue weighted by atomic mass is 32.1. The first kappa shape index (κ1) is 13.0. The number of rotatable bonds is 5. The molecule has 1 unspecified atom stereocenters. The quantitative estimate of drug-likeness (QED) is 0.613. The average molecular weight is 258 g/mol. The zero-order valence-electron chi connectivity index (χ0n) is 8.84. The lowest BCUT2D eigenvalue weighted by Crippen LogP contribution is -2.43. The van der Waals surface area contributed by atoms with Gasteiger partial charge in [0.1, 0.15) is 10.9 Å². The Morgan fingerprint density at radius 2 is 2.18 bits per heavy atom. The number of nitrogens with two attached hydrogens (primary N) is 1. The van der Waals surface area contributed by atoms with Crippen LogP contribution in [-0.2, 0) is 9.59 Å². The minimum atomic E-state index is -1.35. The number of carbonyl (C=O) groups excluding carboxylic acids is 2. The Kier molecular flexibility index (Phi) is 4.10. The number of aliphatic carboxylic acids is 1. The van der Waals surface area contributed by atoms with Gasteiger partial charge in [0, 0.05) is 0 Å². The van der Waals surface area contributed by atoms with Crippen LogP contribution in [0.4, 0.5) is 0 Å². The molecule has 0 fully saturated rings. The molecule has 0 aliphatic carbocycles. The second-order valence-electron chi connectivity index (χ2n) is 3.22. The number of amides is 2. The van der Waals surface area contributed by atoms with E-state index in [4.69, 9.17) is 10.8 Å². The highest BCUT2D eigenvalue weighted by molar-refractivity contribution is 7.08. The van der Waals surface area contributed by atoms with Crippen molar-refractivity contribution in [2.75, 3.05) is 0 Å². The number of carbonyl (C=O) groups is 3. The molecule has 9 heteroatoms. The Labute approximate surface area is 100.0 Å². The standard InChI is InChI=1S/C8H10N4O4S/c1-3-6(17-12-11-3)7(14)10-4(8(15)16)2-5(9)13/h4H,2H2,1H3,(H2,9,13)(H,10,14)(H,15,16). The zero-order chi connectivity index (χ0) is 13.0. The molecule has 1 rings (SSSR count). The van der Waals surface area contributed by atoms with E-state index in [9.17, 15) is 14.4 Å². The summed E-state index contributed by atoms with van der Waals surface area (Å²) in [6.45, 7) is 1.57. The summed E-state index contributed by atoms with van der Waals surface area (Å²) in [6.07, 6.45) is -0.466. The largest absolute Gasteiger partial charge is 0.480 e. The van der Waals surface area contributed by atoms with E-state index in [2.05, 4.69) is 14.9 Å². The van der Waals surface area contributed by atoms with Crippen molar-refractivity contribution in [1.82, 2.24) is 14.9 Å². The van der Waals surface area contributed by atoms with E-state index in [-0.39, 0.29) is 4.88 Å². The van der Waals surface area contributed by atoms with Crippen molar-refractivity contribution in [3.05, 3.63) is 10.6 Å². The van der Waals surface area contributed by atoms with Gasteiger partial charge in [0.05, 0.1) is 12.1 Å². The van der Waals surface area contributed by atoms with Gasteiger partial charge in [0.15, 0.2) is 0 Å². The lowest BCUT2D eigenvalue weighted by atomic mass is 10.2. The average Bonchev–Trinajstić information content (AvgIpc) is 2.62. The zero-order valence-corrected chi connectivity index (χ0v) is 9.65. The summed E-state index contributed by atoms with van der Waals surface area (Å²) < 4.78 is 3.55. The molecule has 4 N–H and O–H groups in total. The molecule has 92 valence electrons. The number of primary amides is 1. The number of hydrogen-bond acceptors (Lipinski definition) is 6. The fraction of sp³-hybridized carbons (Fsp3) is 0.375. The molecule has 0 saturated carbocycles. The monoisotopic (exact) mass is 258 g/mol. The second kappa shape index (κ2) is 5.34. The number of nitrogens with zero attached hydrogens (tertiary/aromatic N) is 2. The summed E-state index contributed by atoms with van der Waals surface area (Å²) in [5.41, 5.74) is 5.28. The summed E-state index contributed by atoms with van der Waals surface area (Å²) in [4.78, 5) is 33.2. The summed E-state index contributed by atoms with van der Waals surface area (Å²) in [6, 6.07) is -1.35. The van der Waals surface area contributed by atoms with E-state index >= 15 is 0 Å². The van der Waals surface area contributed by atoms with E-state index in [1.54, 1.807) is 6.92 Å². The molecule has 0 aliphatic heterocycles. The summed E-state index contributed by atoms with van der Waals surface area (Å²) in [5, 5.41) is 14.6. The number of hydrogen-bond donors (Lipinski definition) is 3. The molecule has 17 heavy (non-hydrogen) atoms. The van der Waals surface area contributed by atoms with E-state index < -0.39 is 30.2 Å². The fourth-order valence-corrected chi connectivity index (χ4v) is 1.62. The van der Waals surface area contributed by atoms with Crippen molar-refractivity contribution in [3.8, 4) is 0 Å². The van der Waals surface area contributed by atoms with Crippen LogP contribution >= 0.6 is 11.5 Å². The van der Waals surface area contributed by atoms with Gasteiger partial charge in [-0.05, 0) is 18.5 Å². The molecule has 1 heterocycles. The van der Waals surface area contributed by atoms with Gasteiger partial charge in [-0.1, -0.05) is 4.49 Å². The maximum atomic E-state index is 11.6. The van der Waals surface area contributed by atoms with Crippen LogP contribution in [0, 0.1) is 6.92 Å². The molecule has 8 nitrogen and oxygen atoms in total. The third kappa shape index (κ3) is 3.48. The number of aryl methyl sites for hydroxylation is 1. The fourth-order valence-electron chi connectivity index (χ4n) is 1.06. The van der Waals surface area contributed by atoms with Gasteiger partial charge in [-0.2, -0.15) is 0 Å². The van der Waals surface area contributed by atoms with Crippen molar-refractivity contribution in [3.63, 3.8) is 0 Å². The molecular formula is C8H10N4O4S. The van der Waals surface area contributed by atoms with Crippen LogP contribution in [0.3, 0.4) is 0 Å². The maximum absolute atomic E-state index is 11.6. The molecule has 2 amide bonds.